The number of carbonyl (C=O) groups excluding carboxylic acids is 1. The average Bonchev–Trinajstić information content (AvgIpc) is 2.35. The van der Waals surface area contributed by atoms with Crippen molar-refractivity contribution in [2.45, 2.75) is 32.9 Å². The fraction of sp³-hybridized carbons (Fsp3) is 0.500. The summed E-state index contributed by atoms with van der Waals surface area (Å²) < 4.78 is 1.07. The number of hydrogen-bond acceptors (Lipinski definition) is 2. The molecule has 4 heteroatoms. The van der Waals surface area contributed by atoms with Gasteiger partial charge in [0.05, 0.1) is 6.04 Å². The van der Waals surface area contributed by atoms with Gasteiger partial charge in [-0.1, -0.05) is 41.9 Å². The van der Waals surface area contributed by atoms with E-state index in [4.69, 9.17) is 0 Å². The summed E-state index contributed by atoms with van der Waals surface area (Å²) in [5.74, 6) is 0.547. The van der Waals surface area contributed by atoms with Crippen LogP contribution in [-0.2, 0) is 11.3 Å². The minimum absolute atomic E-state index is 0.0563. The third-order valence-electron chi connectivity index (χ3n) is 2.74. The Morgan fingerprint density at radius 3 is 2.39 bits per heavy atom. The Morgan fingerprint density at radius 1 is 1.28 bits per heavy atom. The summed E-state index contributed by atoms with van der Waals surface area (Å²) in [6, 6.07) is 7.99. The highest BCUT2D eigenvalue weighted by Crippen LogP contribution is 2.11. The van der Waals surface area contributed by atoms with E-state index >= 15 is 0 Å². The van der Waals surface area contributed by atoms with Crippen LogP contribution in [0.4, 0.5) is 0 Å². The molecule has 0 bridgehead atoms. The molecule has 0 aromatic heterocycles. The molecular weight excluding hydrogens is 292 g/mol. The lowest BCUT2D eigenvalue weighted by Crippen LogP contribution is -2.43. The summed E-state index contributed by atoms with van der Waals surface area (Å²) in [6.07, 6.45) is 0.843. The lowest BCUT2D eigenvalue weighted by molar-refractivity contribution is -0.123. The van der Waals surface area contributed by atoms with Gasteiger partial charge in [-0.05, 0) is 30.0 Å². The van der Waals surface area contributed by atoms with Crippen molar-refractivity contribution in [3.8, 4) is 0 Å². The molecule has 1 unspecified atom stereocenters. The maximum atomic E-state index is 11.7. The first kappa shape index (κ1) is 15.2. The van der Waals surface area contributed by atoms with Gasteiger partial charge in [-0.15, -0.1) is 0 Å². The first-order valence-electron chi connectivity index (χ1n) is 6.22. The van der Waals surface area contributed by atoms with Gasteiger partial charge in [0, 0.05) is 18.1 Å². The molecule has 0 spiro atoms. The molecule has 1 rings (SSSR count). The number of hydrogen-bond donors (Lipinski definition) is 2. The first-order valence-corrected chi connectivity index (χ1v) is 7.01. The standard InChI is InChI=1S/C14H21BrN2O/c1-10(2)8-13(14(18)16-3)17-9-11-4-6-12(15)7-5-11/h4-7,10,13,17H,8-9H2,1-3H3,(H,16,18). The normalized spacial score (nSPS) is 12.5. The minimum Gasteiger partial charge on any atom is -0.358 e. The third-order valence-corrected chi connectivity index (χ3v) is 3.26. The maximum Gasteiger partial charge on any atom is 0.236 e. The van der Waals surface area contributed by atoms with E-state index in [1.165, 1.54) is 5.56 Å². The molecule has 0 heterocycles. The van der Waals surface area contributed by atoms with Crippen molar-refractivity contribution in [1.29, 1.82) is 0 Å². The van der Waals surface area contributed by atoms with Crippen molar-refractivity contribution >= 4 is 21.8 Å². The van der Waals surface area contributed by atoms with Gasteiger partial charge in [-0.2, -0.15) is 0 Å². The van der Waals surface area contributed by atoms with Crippen LogP contribution >= 0.6 is 15.9 Å². The Labute approximate surface area is 117 Å². The zero-order valence-electron chi connectivity index (χ0n) is 11.2. The lowest BCUT2D eigenvalue weighted by Gasteiger charge is -2.19. The van der Waals surface area contributed by atoms with E-state index in [1.807, 2.05) is 24.3 Å². The summed E-state index contributed by atoms with van der Waals surface area (Å²) >= 11 is 3.41. The van der Waals surface area contributed by atoms with Crippen LogP contribution in [0.1, 0.15) is 25.8 Å². The van der Waals surface area contributed by atoms with E-state index in [9.17, 15) is 4.79 Å². The predicted molar refractivity (Wildman–Crippen MR) is 78.3 cm³/mol. The molecule has 0 radical (unpaired) electrons. The molecule has 1 atom stereocenters. The third kappa shape index (κ3) is 5.19. The average molecular weight is 313 g/mol. The summed E-state index contributed by atoms with van der Waals surface area (Å²) in [5.41, 5.74) is 1.18. The largest absolute Gasteiger partial charge is 0.358 e. The van der Waals surface area contributed by atoms with Crippen molar-refractivity contribution in [1.82, 2.24) is 10.6 Å². The van der Waals surface area contributed by atoms with Crippen LogP contribution in [0.15, 0.2) is 28.7 Å². The molecule has 3 nitrogen and oxygen atoms in total. The van der Waals surface area contributed by atoms with Crippen molar-refractivity contribution in [3.63, 3.8) is 0 Å². The highest BCUT2D eigenvalue weighted by Gasteiger charge is 2.17. The SMILES string of the molecule is CNC(=O)C(CC(C)C)NCc1ccc(Br)cc1. The summed E-state index contributed by atoms with van der Waals surface area (Å²) in [5, 5.41) is 6.02. The highest BCUT2D eigenvalue weighted by molar-refractivity contribution is 9.10. The van der Waals surface area contributed by atoms with E-state index < -0.39 is 0 Å². The van der Waals surface area contributed by atoms with Crippen LogP contribution in [0.3, 0.4) is 0 Å². The molecule has 1 amide bonds. The van der Waals surface area contributed by atoms with Crippen LogP contribution in [0, 0.1) is 5.92 Å². The van der Waals surface area contributed by atoms with Crippen molar-refractivity contribution < 1.29 is 4.79 Å². The molecule has 1 aromatic carbocycles. The molecule has 100 valence electrons. The Hall–Kier alpha value is -0.870. The van der Waals surface area contributed by atoms with Crippen molar-refractivity contribution in [2.75, 3.05) is 7.05 Å². The quantitative estimate of drug-likeness (QED) is 0.848. The van der Waals surface area contributed by atoms with E-state index in [2.05, 4.69) is 40.4 Å². The molecule has 2 N–H and O–H groups in total. The Morgan fingerprint density at radius 2 is 1.89 bits per heavy atom. The minimum atomic E-state index is -0.126. The summed E-state index contributed by atoms with van der Waals surface area (Å²) in [4.78, 5) is 11.7. The van der Waals surface area contributed by atoms with Crippen LogP contribution in [0.5, 0.6) is 0 Å². The van der Waals surface area contributed by atoms with Gasteiger partial charge >= 0.3 is 0 Å². The second-order valence-electron chi connectivity index (χ2n) is 4.80. The Kier molecular flexibility index (Phi) is 6.36. The van der Waals surface area contributed by atoms with Gasteiger partial charge < -0.3 is 10.6 Å². The van der Waals surface area contributed by atoms with Crippen molar-refractivity contribution in [2.24, 2.45) is 5.92 Å². The number of nitrogens with one attached hydrogen (secondary N) is 2. The highest BCUT2D eigenvalue weighted by atomic mass is 79.9. The molecule has 0 aliphatic heterocycles. The van der Waals surface area contributed by atoms with E-state index in [0.717, 1.165) is 10.9 Å². The van der Waals surface area contributed by atoms with Crippen LogP contribution < -0.4 is 10.6 Å². The van der Waals surface area contributed by atoms with Crippen LogP contribution in [0.25, 0.3) is 0 Å². The van der Waals surface area contributed by atoms with E-state index in [0.29, 0.717) is 12.5 Å². The van der Waals surface area contributed by atoms with Crippen molar-refractivity contribution in [3.05, 3.63) is 34.3 Å². The molecule has 0 saturated carbocycles. The fourth-order valence-corrected chi connectivity index (χ4v) is 2.04. The zero-order chi connectivity index (χ0) is 13.5. The van der Waals surface area contributed by atoms with Crippen LogP contribution in [-0.4, -0.2) is 19.0 Å². The molecule has 18 heavy (non-hydrogen) atoms. The monoisotopic (exact) mass is 312 g/mol. The Bertz CT molecular complexity index is 376. The predicted octanol–water partition coefficient (Wildman–Crippen LogP) is 2.70. The summed E-state index contributed by atoms with van der Waals surface area (Å²) in [6.45, 7) is 4.95. The molecule has 0 aliphatic carbocycles. The Balaban J connectivity index is 2.55. The van der Waals surface area contributed by atoms with Gasteiger partial charge in [0.15, 0.2) is 0 Å². The molecular formula is C14H21BrN2O. The van der Waals surface area contributed by atoms with E-state index in [-0.39, 0.29) is 11.9 Å². The van der Waals surface area contributed by atoms with Gasteiger partial charge in [-0.25, -0.2) is 0 Å². The molecule has 0 saturated heterocycles. The van der Waals surface area contributed by atoms with Gasteiger partial charge in [0.2, 0.25) is 5.91 Å². The topological polar surface area (TPSA) is 41.1 Å². The number of benzene rings is 1. The lowest BCUT2D eigenvalue weighted by atomic mass is 10.0. The fourth-order valence-electron chi connectivity index (χ4n) is 1.77. The number of carbonyl (C=O) groups is 1. The molecule has 0 aliphatic rings. The van der Waals surface area contributed by atoms with Gasteiger partial charge in [-0.3, -0.25) is 4.79 Å². The second-order valence-corrected chi connectivity index (χ2v) is 5.72. The van der Waals surface area contributed by atoms with Crippen LogP contribution in [0.2, 0.25) is 0 Å². The number of amides is 1. The maximum absolute atomic E-state index is 11.7. The smallest absolute Gasteiger partial charge is 0.236 e. The summed E-state index contributed by atoms with van der Waals surface area (Å²) in [7, 11) is 1.68. The van der Waals surface area contributed by atoms with Gasteiger partial charge in [0.25, 0.3) is 0 Å². The first-order chi connectivity index (χ1) is 8.52. The van der Waals surface area contributed by atoms with Gasteiger partial charge in [0.1, 0.15) is 0 Å². The second kappa shape index (κ2) is 7.54. The number of halogens is 1. The zero-order valence-corrected chi connectivity index (χ0v) is 12.8. The van der Waals surface area contributed by atoms with E-state index in [1.54, 1.807) is 7.05 Å². The molecule has 0 fully saturated rings. The number of rotatable bonds is 6. The molecule has 1 aromatic rings. The number of likely N-dealkylation sites (N-methyl/N-ethyl adjacent to an activating group) is 1.